The van der Waals surface area contributed by atoms with Crippen LogP contribution in [-0.2, 0) is 23.8 Å². The Hall–Kier alpha value is -1.36. The summed E-state index contributed by atoms with van der Waals surface area (Å²) in [7, 11) is 0. The summed E-state index contributed by atoms with van der Waals surface area (Å²) in [4.78, 5) is 24.8. The molecule has 0 aromatic heterocycles. The van der Waals surface area contributed by atoms with Crippen molar-refractivity contribution in [2.24, 2.45) is 23.7 Å². The maximum Gasteiger partial charge on any atom is 0.309 e. The number of esters is 2. The largest absolute Gasteiger partial charge is 0.459 e. The molecule has 5 heteroatoms. The number of carbonyl (C=O) groups excluding carboxylic acids is 2. The summed E-state index contributed by atoms with van der Waals surface area (Å²) in [5.74, 6) is -0.0260. The van der Waals surface area contributed by atoms with Gasteiger partial charge in [-0.3, -0.25) is 9.59 Å². The predicted molar refractivity (Wildman–Crippen MR) is 99.8 cm³/mol. The van der Waals surface area contributed by atoms with E-state index in [9.17, 15) is 9.59 Å². The van der Waals surface area contributed by atoms with Gasteiger partial charge >= 0.3 is 11.9 Å². The molecular weight excluding hydrogens is 344 g/mol. The normalized spacial score (nSPS) is 51.0. The van der Waals surface area contributed by atoms with Crippen molar-refractivity contribution >= 4 is 11.9 Å². The quantitative estimate of drug-likeness (QED) is 0.514. The molecule has 5 nitrogen and oxygen atoms in total. The van der Waals surface area contributed by atoms with Crippen LogP contribution in [0, 0.1) is 23.7 Å². The van der Waals surface area contributed by atoms with Crippen molar-refractivity contribution in [3.8, 4) is 0 Å². The summed E-state index contributed by atoms with van der Waals surface area (Å²) in [5, 5.41) is 0. The molecule has 3 aliphatic heterocycles. The molecule has 4 aliphatic rings. The molecule has 4 rings (SSSR count). The lowest BCUT2D eigenvalue weighted by atomic mass is 9.58. The Morgan fingerprint density at radius 3 is 2.74 bits per heavy atom. The van der Waals surface area contributed by atoms with E-state index in [2.05, 4.69) is 19.9 Å². The van der Waals surface area contributed by atoms with E-state index in [0.29, 0.717) is 0 Å². The Labute approximate surface area is 161 Å². The highest BCUT2D eigenvalue weighted by Crippen LogP contribution is 2.59. The average molecular weight is 376 g/mol. The zero-order valence-corrected chi connectivity index (χ0v) is 17.1. The summed E-state index contributed by atoms with van der Waals surface area (Å²) in [6.45, 7) is 9.73. The number of rotatable bonds is 1. The fourth-order valence-electron chi connectivity index (χ4n) is 6.41. The third-order valence-corrected chi connectivity index (χ3v) is 7.64. The van der Waals surface area contributed by atoms with Gasteiger partial charge in [-0.1, -0.05) is 18.6 Å². The summed E-state index contributed by atoms with van der Waals surface area (Å²) < 4.78 is 18.7. The summed E-state index contributed by atoms with van der Waals surface area (Å²) >= 11 is 0. The van der Waals surface area contributed by atoms with E-state index >= 15 is 0 Å². The first kappa shape index (κ1) is 19.0. The van der Waals surface area contributed by atoms with Crippen molar-refractivity contribution in [1.29, 1.82) is 0 Å². The van der Waals surface area contributed by atoms with Crippen LogP contribution >= 0.6 is 0 Å². The van der Waals surface area contributed by atoms with Gasteiger partial charge in [0.25, 0.3) is 0 Å². The molecule has 150 valence electrons. The van der Waals surface area contributed by atoms with Gasteiger partial charge in [-0.05, 0) is 58.8 Å². The molecule has 2 bridgehead atoms. The van der Waals surface area contributed by atoms with Crippen LogP contribution < -0.4 is 0 Å². The molecule has 1 saturated carbocycles. The summed E-state index contributed by atoms with van der Waals surface area (Å²) in [6.07, 6.45) is 6.22. The highest BCUT2D eigenvalue weighted by atomic mass is 16.6. The topological polar surface area (TPSA) is 61.8 Å². The standard InChI is InChI=1S/C22H32O5/c1-12-7-6-9-22(5)19-17-15(13(2)20(24)27-22)8-10-21(4,26-14(3)23)18(17)16(11-12)25-19/h7,13,15-19H,6,8-11H2,1-5H3/b12-7-/t13?,15?,16?,17?,18?,19?,21-,22+/m1/s1. The number of fused-ring (bicyclic) bond motifs is 2. The Balaban J connectivity index is 1.84. The van der Waals surface area contributed by atoms with Crippen LogP contribution in [0.25, 0.3) is 0 Å². The minimum absolute atomic E-state index is 0.00942. The van der Waals surface area contributed by atoms with Crippen molar-refractivity contribution in [3.63, 3.8) is 0 Å². The van der Waals surface area contributed by atoms with Crippen molar-refractivity contribution in [2.45, 2.75) is 90.1 Å². The summed E-state index contributed by atoms with van der Waals surface area (Å²) in [6, 6.07) is 0. The maximum absolute atomic E-state index is 12.8. The Morgan fingerprint density at radius 2 is 2.04 bits per heavy atom. The van der Waals surface area contributed by atoms with Crippen LogP contribution in [0.5, 0.6) is 0 Å². The minimum Gasteiger partial charge on any atom is -0.459 e. The van der Waals surface area contributed by atoms with Crippen LogP contribution in [0.15, 0.2) is 11.6 Å². The maximum atomic E-state index is 12.8. The van der Waals surface area contributed by atoms with Crippen molar-refractivity contribution in [2.75, 3.05) is 0 Å². The Bertz CT molecular complexity index is 684. The number of hydrogen-bond acceptors (Lipinski definition) is 5. The zero-order chi connectivity index (χ0) is 19.6. The molecule has 6 unspecified atom stereocenters. The van der Waals surface area contributed by atoms with Gasteiger partial charge < -0.3 is 14.2 Å². The molecule has 27 heavy (non-hydrogen) atoms. The number of hydrogen-bond donors (Lipinski definition) is 0. The van der Waals surface area contributed by atoms with Gasteiger partial charge in [0.15, 0.2) is 0 Å². The molecule has 0 aromatic rings. The van der Waals surface area contributed by atoms with Crippen molar-refractivity contribution in [3.05, 3.63) is 11.6 Å². The minimum atomic E-state index is -0.632. The third kappa shape index (κ3) is 2.93. The lowest BCUT2D eigenvalue weighted by Gasteiger charge is -2.48. The van der Waals surface area contributed by atoms with E-state index in [4.69, 9.17) is 14.2 Å². The Morgan fingerprint density at radius 1 is 1.30 bits per heavy atom. The van der Waals surface area contributed by atoms with Gasteiger partial charge in [0.1, 0.15) is 17.3 Å². The van der Waals surface area contributed by atoms with E-state index < -0.39 is 11.2 Å². The fourth-order valence-corrected chi connectivity index (χ4v) is 6.41. The second-order valence-corrected chi connectivity index (χ2v) is 9.62. The van der Waals surface area contributed by atoms with E-state index in [0.717, 1.165) is 32.1 Å². The van der Waals surface area contributed by atoms with E-state index in [-0.39, 0.29) is 47.8 Å². The van der Waals surface area contributed by atoms with E-state index in [1.807, 2.05) is 13.8 Å². The molecular formula is C22H32O5. The lowest BCUT2D eigenvalue weighted by Crippen LogP contribution is -2.54. The highest BCUT2D eigenvalue weighted by molar-refractivity contribution is 5.73. The molecule has 8 atom stereocenters. The predicted octanol–water partition coefficient (Wildman–Crippen LogP) is 3.80. The molecule has 3 fully saturated rings. The van der Waals surface area contributed by atoms with Crippen LogP contribution in [0.2, 0.25) is 0 Å². The van der Waals surface area contributed by atoms with Gasteiger partial charge in [0.05, 0.1) is 12.0 Å². The van der Waals surface area contributed by atoms with E-state index in [1.165, 1.54) is 12.5 Å². The number of ether oxygens (including phenoxy) is 3. The first-order chi connectivity index (χ1) is 12.6. The first-order valence-electron chi connectivity index (χ1n) is 10.4. The Kier molecular flexibility index (Phi) is 4.45. The second-order valence-electron chi connectivity index (χ2n) is 9.62. The lowest BCUT2D eigenvalue weighted by molar-refractivity contribution is -0.180. The van der Waals surface area contributed by atoms with Crippen molar-refractivity contribution < 1.29 is 23.8 Å². The first-order valence-corrected chi connectivity index (χ1v) is 10.4. The smallest absolute Gasteiger partial charge is 0.309 e. The van der Waals surface area contributed by atoms with Gasteiger partial charge in [0.2, 0.25) is 0 Å². The fraction of sp³-hybridized carbons (Fsp3) is 0.818. The van der Waals surface area contributed by atoms with Crippen LogP contribution in [-0.4, -0.2) is 35.3 Å². The second kappa shape index (κ2) is 6.33. The van der Waals surface area contributed by atoms with Gasteiger partial charge in [-0.25, -0.2) is 0 Å². The van der Waals surface area contributed by atoms with Gasteiger partial charge in [-0.2, -0.15) is 0 Å². The summed E-state index contributed by atoms with van der Waals surface area (Å²) in [5.41, 5.74) is 0.113. The van der Waals surface area contributed by atoms with Crippen LogP contribution in [0.3, 0.4) is 0 Å². The molecule has 2 saturated heterocycles. The highest BCUT2D eigenvalue weighted by Gasteiger charge is 2.66. The molecule has 0 spiro atoms. The molecule has 1 aliphatic carbocycles. The zero-order valence-electron chi connectivity index (χ0n) is 17.1. The average Bonchev–Trinajstić information content (AvgIpc) is 2.93. The molecule has 0 amide bonds. The monoisotopic (exact) mass is 376 g/mol. The SMILES string of the molecule is CC(=O)O[C@]1(C)CCC2C(C)C(=O)O[C@@]3(C)CC/C=C(/C)CC4OC3C2C41. The van der Waals surface area contributed by atoms with Crippen LogP contribution in [0.1, 0.15) is 66.7 Å². The molecule has 0 N–H and O–H groups in total. The van der Waals surface area contributed by atoms with Gasteiger partial charge in [0, 0.05) is 18.8 Å². The van der Waals surface area contributed by atoms with Crippen LogP contribution in [0.4, 0.5) is 0 Å². The number of allylic oxidation sites excluding steroid dienone is 1. The number of carbonyl (C=O) groups is 2. The van der Waals surface area contributed by atoms with Crippen molar-refractivity contribution in [1.82, 2.24) is 0 Å². The molecule has 0 radical (unpaired) electrons. The molecule has 3 heterocycles. The molecule has 0 aromatic carbocycles. The van der Waals surface area contributed by atoms with E-state index in [1.54, 1.807) is 0 Å². The van der Waals surface area contributed by atoms with Gasteiger partial charge in [-0.15, -0.1) is 0 Å². The third-order valence-electron chi connectivity index (χ3n) is 7.64.